The van der Waals surface area contributed by atoms with Crippen LogP contribution in [-0.4, -0.2) is 109 Å². The highest BCUT2D eigenvalue weighted by atomic mass is 79.9. The SMILES string of the molecule is CC(C)(C)OC(=O)N[C@H](CNC(=O)OCC1c2ccccc2-c2ccccc21)C(=O)N[C@@H](CC(N)=O)C(=O)NC[C@@H](OC(=O)c1ccccc1)C(=O)N[C@@H](Cc1c[nH]c2ccc(Br)cc12)C(=O)OOCC1c2ccccc2-c2ccccc21. The van der Waals surface area contributed by atoms with Crippen molar-refractivity contribution in [3.63, 3.8) is 0 Å². The smallest absolute Gasteiger partial charge is 0.408 e. The number of ether oxygens (including phenoxy) is 3. The first-order valence-corrected chi connectivity index (χ1v) is 27.5. The van der Waals surface area contributed by atoms with Crippen LogP contribution in [0.15, 0.2) is 156 Å². The van der Waals surface area contributed by atoms with E-state index in [1.807, 2.05) is 115 Å². The molecule has 0 radical (unpaired) electrons. The van der Waals surface area contributed by atoms with Crippen LogP contribution in [0.5, 0.6) is 0 Å². The fourth-order valence-electron chi connectivity index (χ4n) is 10.1. The van der Waals surface area contributed by atoms with Crippen LogP contribution < -0.4 is 32.3 Å². The number of primary amides is 1. The number of esters is 1. The number of aromatic amines is 1. The second kappa shape index (κ2) is 26.1. The Morgan fingerprint density at radius 1 is 0.602 bits per heavy atom. The third kappa shape index (κ3) is 14.4. The van der Waals surface area contributed by atoms with Gasteiger partial charge in [0.05, 0.1) is 25.1 Å². The number of carbonyl (C=O) groups is 8. The van der Waals surface area contributed by atoms with Crippen molar-refractivity contribution >= 4 is 74.6 Å². The lowest BCUT2D eigenvalue weighted by molar-refractivity contribution is -0.275. The second-order valence-electron chi connectivity index (χ2n) is 20.8. The summed E-state index contributed by atoms with van der Waals surface area (Å²) in [4.78, 5) is 124. The number of nitrogens with one attached hydrogen (secondary N) is 6. The van der Waals surface area contributed by atoms with E-state index < -0.39 is 97.1 Å². The zero-order valence-electron chi connectivity index (χ0n) is 45.4. The Kier molecular flexibility index (Phi) is 18.3. The third-order valence-electron chi connectivity index (χ3n) is 13.9. The zero-order valence-corrected chi connectivity index (χ0v) is 47.0. The quantitative estimate of drug-likeness (QED) is 0.0151. The molecule has 0 spiro atoms. The summed E-state index contributed by atoms with van der Waals surface area (Å²) in [7, 11) is 0. The van der Waals surface area contributed by atoms with E-state index >= 15 is 0 Å². The van der Waals surface area contributed by atoms with Gasteiger partial charge in [-0.2, -0.15) is 4.89 Å². The first-order chi connectivity index (χ1) is 39.9. The molecule has 20 nitrogen and oxygen atoms in total. The van der Waals surface area contributed by atoms with Crippen molar-refractivity contribution in [1.29, 1.82) is 0 Å². The molecule has 7 aromatic rings. The molecule has 8 N–H and O–H groups in total. The first-order valence-electron chi connectivity index (χ1n) is 26.7. The molecule has 83 heavy (non-hydrogen) atoms. The van der Waals surface area contributed by atoms with Crippen LogP contribution in [0.4, 0.5) is 9.59 Å². The number of rotatable bonds is 22. The molecular weight excluding hydrogens is 1130 g/mol. The molecule has 0 aliphatic heterocycles. The standard InChI is InChI=1S/C62H60BrN7O13/c1-62(2,3)82-61(78)70-52(31-67-60(77)79-33-47-42-21-11-7-17-38(42)39-18-8-12-22-43(39)47)56(73)68-50(29-54(64)71)55(72)66-32-53(81-58(75)35-15-5-4-6-16-35)57(74)69-51(27-36-30-65-49-26-25-37(63)28-46(36)49)59(76)83-80-34-48-44-23-13-9-19-40(44)41-20-10-14-24-45(41)48/h4-26,28,30,47-48,50-53,65H,27,29,31-34H2,1-3H3,(H2,64,71)(H,66,72)(H,67,77)(H,68,73)(H,69,74)(H,70,78)/t50-,51-,52+,53+/m0/s1. The summed E-state index contributed by atoms with van der Waals surface area (Å²) in [5, 5.41) is 13.1. The average molecular weight is 1190 g/mol. The lowest BCUT2D eigenvalue weighted by Gasteiger charge is -2.26. The number of nitrogens with two attached hydrogens (primary N) is 1. The lowest BCUT2D eigenvalue weighted by atomic mass is 9.98. The van der Waals surface area contributed by atoms with Crippen molar-refractivity contribution in [3.8, 4) is 22.3 Å². The van der Waals surface area contributed by atoms with Gasteiger partial charge in [-0.25, -0.2) is 19.2 Å². The molecule has 6 amide bonds. The monoisotopic (exact) mass is 1190 g/mol. The molecule has 0 saturated heterocycles. The molecule has 1 heterocycles. The number of H-pyrrole nitrogens is 1. The van der Waals surface area contributed by atoms with E-state index in [0.717, 1.165) is 54.5 Å². The van der Waals surface area contributed by atoms with Crippen LogP contribution in [0.25, 0.3) is 33.2 Å². The average Bonchev–Trinajstić information content (AvgIpc) is 3.40. The van der Waals surface area contributed by atoms with Gasteiger partial charge in [-0.15, -0.1) is 0 Å². The first kappa shape index (κ1) is 58.3. The van der Waals surface area contributed by atoms with Crippen LogP contribution in [0.2, 0.25) is 0 Å². The van der Waals surface area contributed by atoms with Crippen molar-refractivity contribution in [2.75, 3.05) is 26.3 Å². The molecule has 6 aromatic carbocycles. The molecule has 1 aromatic heterocycles. The van der Waals surface area contributed by atoms with E-state index in [1.54, 1.807) is 45.2 Å². The largest absolute Gasteiger partial charge is 0.449 e. The Bertz CT molecular complexity index is 3490. The van der Waals surface area contributed by atoms with Gasteiger partial charge in [-0.1, -0.05) is 131 Å². The van der Waals surface area contributed by atoms with Crippen LogP contribution in [0.3, 0.4) is 0 Å². The molecule has 0 bridgehead atoms. The summed E-state index contributed by atoms with van der Waals surface area (Å²) in [6.45, 7) is 3.27. The van der Waals surface area contributed by atoms with Gasteiger partial charge >= 0.3 is 24.1 Å². The van der Waals surface area contributed by atoms with Crippen molar-refractivity contribution in [3.05, 3.63) is 190 Å². The van der Waals surface area contributed by atoms with Crippen LogP contribution >= 0.6 is 15.9 Å². The summed E-state index contributed by atoms with van der Waals surface area (Å²) in [6.07, 6.45) is -3.16. The number of benzene rings is 6. The van der Waals surface area contributed by atoms with E-state index in [9.17, 15) is 38.4 Å². The molecule has 21 heteroatoms. The van der Waals surface area contributed by atoms with Gasteiger partial charge in [0.1, 0.15) is 36.9 Å². The van der Waals surface area contributed by atoms with E-state index in [0.29, 0.717) is 10.9 Å². The Labute approximate surface area is 485 Å². The van der Waals surface area contributed by atoms with Gasteiger partial charge in [-0.3, -0.25) is 24.1 Å². The summed E-state index contributed by atoms with van der Waals surface area (Å²) >= 11 is 3.49. The van der Waals surface area contributed by atoms with Crippen LogP contribution in [0.1, 0.15) is 77.2 Å². The highest BCUT2D eigenvalue weighted by molar-refractivity contribution is 9.10. The van der Waals surface area contributed by atoms with Gasteiger partial charge in [0.2, 0.25) is 17.7 Å². The topological polar surface area (TPSA) is 285 Å². The molecule has 0 fully saturated rings. The fourth-order valence-corrected chi connectivity index (χ4v) is 10.5. The number of aromatic nitrogens is 1. The highest BCUT2D eigenvalue weighted by Crippen LogP contribution is 2.46. The molecule has 428 valence electrons. The number of hydrogen-bond donors (Lipinski definition) is 7. The predicted octanol–water partition coefficient (Wildman–Crippen LogP) is 7.38. The summed E-state index contributed by atoms with van der Waals surface area (Å²) < 4.78 is 17.5. The number of alkyl carbamates (subject to hydrolysis) is 2. The van der Waals surface area contributed by atoms with E-state index in [4.69, 9.17) is 29.7 Å². The van der Waals surface area contributed by atoms with Gasteiger partial charge in [0, 0.05) is 39.8 Å². The Morgan fingerprint density at radius 3 is 1.73 bits per heavy atom. The van der Waals surface area contributed by atoms with Crippen molar-refractivity contribution in [1.82, 2.24) is 31.6 Å². The summed E-state index contributed by atoms with van der Waals surface area (Å²) in [5.41, 5.74) is 13.8. The second-order valence-corrected chi connectivity index (χ2v) is 21.7. The molecule has 9 rings (SSSR count). The number of hydrogen-bond acceptors (Lipinski definition) is 13. The van der Waals surface area contributed by atoms with Gasteiger partial charge in [-0.05, 0) is 101 Å². The number of halogens is 1. The highest BCUT2D eigenvalue weighted by Gasteiger charge is 2.36. The Balaban J connectivity index is 0.902. The third-order valence-corrected chi connectivity index (χ3v) is 14.4. The van der Waals surface area contributed by atoms with Crippen molar-refractivity contribution in [2.24, 2.45) is 5.73 Å². The Hall–Kier alpha value is -9.34. The minimum atomic E-state index is -1.88. The molecule has 4 atom stereocenters. The molecule has 2 aliphatic rings. The van der Waals surface area contributed by atoms with E-state index in [-0.39, 0.29) is 37.0 Å². The van der Waals surface area contributed by atoms with Crippen LogP contribution in [-0.2, 0) is 54.4 Å². The summed E-state index contributed by atoms with van der Waals surface area (Å²) in [6, 6.07) is 39.4. The molecule has 0 unspecified atom stereocenters. The minimum absolute atomic E-state index is 0.0366. The van der Waals surface area contributed by atoms with E-state index in [2.05, 4.69) is 47.5 Å². The van der Waals surface area contributed by atoms with Gasteiger partial charge in [0.15, 0.2) is 6.10 Å². The van der Waals surface area contributed by atoms with Crippen molar-refractivity contribution in [2.45, 2.75) is 75.3 Å². The molecule has 0 saturated carbocycles. The van der Waals surface area contributed by atoms with Gasteiger partial charge in [0.25, 0.3) is 5.91 Å². The number of carbonyl (C=O) groups excluding carboxylic acids is 8. The number of amides is 6. The number of fused-ring (bicyclic) bond motifs is 7. The maximum Gasteiger partial charge on any atom is 0.408 e. The predicted molar refractivity (Wildman–Crippen MR) is 308 cm³/mol. The normalized spacial score (nSPS) is 13.8. The minimum Gasteiger partial charge on any atom is -0.449 e. The zero-order chi connectivity index (χ0) is 58.8. The van der Waals surface area contributed by atoms with E-state index in [1.165, 1.54) is 12.1 Å². The molecule has 2 aliphatic carbocycles. The maximum atomic E-state index is 14.6. The molecular formula is C62H60BrN7O13. The Morgan fingerprint density at radius 2 is 1.16 bits per heavy atom. The van der Waals surface area contributed by atoms with Crippen LogP contribution in [0, 0.1) is 0 Å². The fraction of sp³-hybridized carbons (Fsp3) is 0.258. The van der Waals surface area contributed by atoms with Crippen molar-refractivity contribution < 1.29 is 62.3 Å². The maximum absolute atomic E-state index is 14.6. The lowest BCUT2D eigenvalue weighted by Crippen LogP contribution is -2.58. The van der Waals surface area contributed by atoms with Gasteiger partial charge < -0.3 is 51.5 Å². The summed E-state index contributed by atoms with van der Waals surface area (Å²) in [5.74, 6) is -6.84.